The number of nitrogens with zero attached hydrogens (tertiary/aromatic N) is 1. The Morgan fingerprint density at radius 2 is 1.52 bits per heavy atom. The molecule has 2 aromatic carbocycles. The Morgan fingerprint density at radius 3 is 1.98 bits per heavy atom. The Morgan fingerprint density at radius 1 is 0.952 bits per heavy atom. The predicted molar refractivity (Wildman–Crippen MR) is 161 cm³/mol. The van der Waals surface area contributed by atoms with E-state index in [0.717, 1.165) is 11.1 Å². The Hall–Kier alpha value is -3.58. The first-order valence-electron chi connectivity index (χ1n) is 13.7. The van der Waals surface area contributed by atoms with Gasteiger partial charge in [0.1, 0.15) is 0 Å². The molecule has 232 valence electrons. The van der Waals surface area contributed by atoms with Crippen molar-refractivity contribution < 1.29 is 32.6 Å². The van der Waals surface area contributed by atoms with Crippen molar-refractivity contribution in [1.82, 2.24) is 15.9 Å². The van der Waals surface area contributed by atoms with E-state index in [1.807, 2.05) is 71.0 Å². The molecule has 12 heteroatoms. The van der Waals surface area contributed by atoms with E-state index in [1.54, 1.807) is 30.6 Å². The zero-order chi connectivity index (χ0) is 32.0. The van der Waals surface area contributed by atoms with Crippen LogP contribution in [0.4, 0.5) is 0 Å². The van der Waals surface area contributed by atoms with E-state index in [2.05, 4.69) is 5.43 Å². The fourth-order valence-corrected chi connectivity index (χ4v) is 4.56. The van der Waals surface area contributed by atoms with Gasteiger partial charge in [-0.2, -0.15) is 8.42 Å². The number of nitrogens with one attached hydrogen (secondary N) is 2. The fraction of sp³-hybridized carbons (Fsp3) is 0.433. The van der Waals surface area contributed by atoms with Gasteiger partial charge in [-0.1, -0.05) is 87.9 Å². The van der Waals surface area contributed by atoms with Crippen LogP contribution in [0.2, 0.25) is 0 Å². The largest absolute Gasteiger partial charge is 0.320 e. The average Bonchev–Trinajstić information content (AvgIpc) is 2.91. The summed E-state index contributed by atoms with van der Waals surface area (Å²) in [4.78, 5) is 38.0. The molecule has 42 heavy (non-hydrogen) atoms. The summed E-state index contributed by atoms with van der Waals surface area (Å²) in [5, 5.41) is 10.5. The molecule has 3 atom stereocenters. The highest BCUT2D eigenvalue weighted by atomic mass is 32.2. The molecule has 0 unspecified atom stereocenters. The molecule has 0 heterocycles. The number of hydrogen-bond acceptors (Lipinski definition) is 7. The lowest BCUT2D eigenvalue weighted by atomic mass is 9.80. The van der Waals surface area contributed by atoms with Crippen LogP contribution in [0, 0.1) is 30.6 Å². The molecule has 0 aliphatic carbocycles. The van der Waals surface area contributed by atoms with Gasteiger partial charge in [0, 0.05) is 6.54 Å². The first-order valence-corrected chi connectivity index (χ1v) is 15.1. The minimum Gasteiger partial charge on any atom is -0.320 e. The van der Waals surface area contributed by atoms with Crippen LogP contribution < -0.4 is 16.6 Å². The van der Waals surface area contributed by atoms with E-state index in [-0.39, 0.29) is 23.2 Å². The number of amides is 3. The summed E-state index contributed by atoms with van der Waals surface area (Å²) < 4.78 is 29.6. The van der Waals surface area contributed by atoms with Crippen molar-refractivity contribution in [2.75, 3.05) is 6.54 Å². The highest BCUT2D eigenvalue weighted by molar-refractivity contribution is 7.85. The van der Waals surface area contributed by atoms with Gasteiger partial charge in [0.25, 0.3) is 16.0 Å². The minimum atomic E-state index is -4.02. The van der Waals surface area contributed by atoms with Gasteiger partial charge in [-0.15, -0.1) is 0 Å². The lowest BCUT2D eigenvalue weighted by Gasteiger charge is -2.32. The maximum Gasteiger partial charge on any atom is 0.294 e. The number of benzene rings is 2. The normalized spacial score (nSPS) is 13.6. The Bertz CT molecular complexity index is 1280. The molecular formula is C30H44N4O7S. The van der Waals surface area contributed by atoms with E-state index in [1.165, 1.54) is 17.1 Å². The smallest absolute Gasteiger partial charge is 0.294 e. The molecule has 0 fully saturated rings. The van der Waals surface area contributed by atoms with Crippen LogP contribution in [0.15, 0.2) is 65.6 Å². The minimum absolute atomic E-state index is 0.0666. The molecule has 0 aliphatic heterocycles. The number of carbonyl (C=O) groups is 3. The highest BCUT2D eigenvalue weighted by Gasteiger charge is 2.36. The number of hydrogen-bond donors (Lipinski definition) is 5. The van der Waals surface area contributed by atoms with Crippen LogP contribution in [0.5, 0.6) is 0 Å². The number of hydrazine groups is 1. The molecule has 3 amide bonds. The van der Waals surface area contributed by atoms with Gasteiger partial charge in [-0.05, 0) is 49.8 Å². The van der Waals surface area contributed by atoms with E-state index < -0.39 is 45.7 Å². The van der Waals surface area contributed by atoms with Gasteiger partial charge in [-0.3, -0.25) is 34.6 Å². The maximum atomic E-state index is 13.2. The average molecular weight is 605 g/mol. The Kier molecular flexibility index (Phi) is 15.1. The van der Waals surface area contributed by atoms with Crippen LogP contribution in [-0.4, -0.2) is 53.5 Å². The van der Waals surface area contributed by atoms with E-state index in [9.17, 15) is 28.0 Å². The van der Waals surface area contributed by atoms with Gasteiger partial charge in [-0.25, -0.2) is 5.48 Å². The van der Waals surface area contributed by atoms with Crippen LogP contribution in [0.1, 0.15) is 52.2 Å². The van der Waals surface area contributed by atoms with Crippen LogP contribution >= 0.6 is 0 Å². The van der Waals surface area contributed by atoms with Crippen molar-refractivity contribution in [3.05, 3.63) is 71.8 Å². The molecule has 0 aliphatic rings. The van der Waals surface area contributed by atoms with Crippen molar-refractivity contribution >= 4 is 33.9 Å². The van der Waals surface area contributed by atoms with Crippen molar-refractivity contribution in [2.24, 2.45) is 29.4 Å². The molecule has 0 spiro atoms. The zero-order valence-corrected chi connectivity index (χ0v) is 25.8. The predicted octanol–water partition coefficient (Wildman–Crippen LogP) is 3.59. The Balaban J connectivity index is 0.000000666. The second-order valence-corrected chi connectivity index (χ2v) is 12.2. The second-order valence-electron chi connectivity index (χ2n) is 10.8. The first kappa shape index (κ1) is 36.4. The number of rotatable bonds is 11. The topological polar surface area (TPSA) is 179 Å². The SMILES string of the molecule is CC(C)CN(NC(=O)[C@H](C(C)C)[C@H](CC=Cc1ccccc1)C(=O)NO)C(=O)[C@@H](C)N.Cc1ccc(S(=O)(=O)O)cc1. The van der Waals surface area contributed by atoms with Gasteiger partial charge in [0.2, 0.25) is 11.8 Å². The second kappa shape index (κ2) is 17.4. The number of allylic oxidation sites excluding steroid dienone is 1. The first-order chi connectivity index (χ1) is 19.6. The van der Waals surface area contributed by atoms with Gasteiger partial charge in [0.15, 0.2) is 0 Å². The van der Waals surface area contributed by atoms with Crippen molar-refractivity contribution in [2.45, 2.75) is 58.9 Å². The van der Waals surface area contributed by atoms with Crippen molar-refractivity contribution in [3.8, 4) is 0 Å². The monoisotopic (exact) mass is 604 g/mol. The highest BCUT2D eigenvalue weighted by Crippen LogP contribution is 2.26. The third-order valence-electron chi connectivity index (χ3n) is 6.17. The molecule has 0 saturated heterocycles. The van der Waals surface area contributed by atoms with Crippen molar-refractivity contribution in [1.29, 1.82) is 0 Å². The maximum absolute atomic E-state index is 13.2. The molecule has 2 rings (SSSR count). The van der Waals surface area contributed by atoms with Crippen molar-refractivity contribution in [3.63, 3.8) is 0 Å². The Labute approximate surface area is 248 Å². The van der Waals surface area contributed by atoms with Gasteiger partial charge in [0.05, 0.1) is 22.8 Å². The third-order valence-corrected chi connectivity index (χ3v) is 7.04. The molecule has 11 nitrogen and oxygen atoms in total. The molecule has 0 bridgehead atoms. The number of carbonyl (C=O) groups excluding carboxylic acids is 3. The standard InChI is InChI=1S/C23H36N4O4.C7H8O3S/c1-15(2)14-27(23(30)17(5)24)25-22(29)20(16(3)4)19(21(28)26-31)13-9-12-18-10-7-6-8-11-18;1-6-2-4-7(5-3-6)11(8,9)10/h6-12,15-17,19-20,31H,13-14,24H2,1-5H3,(H,25,29)(H,26,28);2-5H,1H3,(H,8,9,10)/t17-,19+,20-;/m1./s1. The fourth-order valence-electron chi connectivity index (χ4n) is 4.08. The van der Waals surface area contributed by atoms with Gasteiger partial charge >= 0.3 is 0 Å². The van der Waals surface area contributed by atoms with Gasteiger partial charge < -0.3 is 5.73 Å². The van der Waals surface area contributed by atoms with Crippen LogP contribution in [0.3, 0.4) is 0 Å². The zero-order valence-electron chi connectivity index (χ0n) is 25.0. The summed E-state index contributed by atoms with van der Waals surface area (Å²) in [6.07, 6.45) is 3.90. The number of nitrogens with two attached hydrogens (primary N) is 1. The van der Waals surface area contributed by atoms with E-state index in [0.29, 0.717) is 6.54 Å². The van der Waals surface area contributed by atoms with E-state index in [4.69, 9.17) is 10.3 Å². The molecular weight excluding hydrogens is 560 g/mol. The summed E-state index contributed by atoms with van der Waals surface area (Å²) in [5.74, 6) is -3.24. The summed E-state index contributed by atoms with van der Waals surface area (Å²) in [6, 6.07) is 14.8. The lowest BCUT2D eigenvalue weighted by Crippen LogP contribution is -2.56. The van der Waals surface area contributed by atoms with E-state index >= 15 is 0 Å². The number of hydroxylamine groups is 1. The molecule has 6 N–H and O–H groups in total. The summed E-state index contributed by atoms with van der Waals surface area (Å²) in [6.45, 7) is 11.2. The summed E-state index contributed by atoms with van der Waals surface area (Å²) >= 11 is 0. The quantitative estimate of drug-likeness (QED) is 0.147. The number of aryl methyl sites for hydroxylation is 1. The molecule has 2 aromatic rings. The third kappa shape index (κ3) is 12.5. The van der Waals surface area contributed by atoms with Crippen LogP contribution in [0.25, 0.3) is 6.08 Å². The summed E-state index contributed by atoms with van der Waals surface area (Å²) in [5.41, 5.74) is 12.0. The molecule has 0 radical (unpaired) electrons. The molecule has 0 aromatic heterocycles. The summed E-state index contributed by atoms with van der Waals surface area (Å²) in [7, 11) is -4.02. The lowest BCUT2D eigenvalue weighted by molar-refractivity contribution is -0.149. The van der Waals surface area contributed by atoms with Crippen LogP contribution in [-0.2, 0) is 24.5 Å². The molecule has 0 saturated carbocycles.